The van der Waals surface area contributed by atoms with E-state index in [4.69, 9.17) is 11.6 Å². The number of pyridine rings is 1. The Kier molecular flexibility index (Phi) is 3.45. The topological polar surface area (TPSA) is 54.0 Å². The number of carbonyl (C=O) groups excluding carboxylic acids is 1. The molecule has 1 unspecified atom stereocenters. The molecule has 2 rings (SSSR count). The number of nitrogens with zero attached hydrogens (tertiary/aromatic N) is 1. The maximum Gasteiger partial charge on any atom is 0.242 e. The molecule has 1 atom stereocenters. The average molecular weight is 244 g/mol. The van der Waals surface area contributed by atoms with Crippen molar-refractivity contribution in [2.24, 2.45) is 0 Å². The number of aromatic nitrogens is 1. The summed E-state index contributed by atoms with van der Waals surface area (Å²) in [6.07, 6.45) is 3.13. The Morgan fingerprint density at radius 3 is 3.27 bits per heavy atom. The zero-order valence-corrected chi connectivity index (χ0v) is 9.44. The van der Waals surface area contributed by atoms with E-state index in [0.29, 0.717) is 10.7 Å². The molecule has 15 heavy (non-hydrogen) atoms. The molecule has 1 fully saturated rings. The number of nitrogens with one attached hydrogen (secondary N) is 2. The Hall–Kier alpha value is -0.780. The highest BCUT2D eigenvalue weighted by atomic mass is 35.5. The normalized spacial score (nSPS) is 20.2. The van der Waals surface area contributed by atoms with Gasteiger partial charge in [-0.3, -0.25) is 15.1 Å². The second kappa shape index (κ2) is 4.83. The highest BCUT2D eigenvalue weighted by molar-refractivity contribution is 7.99. The first-order chi connectivity index (χ1) is 7.27. The molecule has 1 aliphatic heterocycles. The van der Waals surface area contributed by atoms with Gasteiger partial charge < -0.3 is 5.32 Å². The molecule has 0 aliphatic carbocycles. The molecule has 1 amide bonds. The number of carbonyl (C=O) groups is 1. The summed E-state index contributed by atoms with van der Waals surface area (Å²) < 4.78 is 0. The lowest BCUT2D eigenvalue weighted by atomic mass is 10.3. The fourth-order valence-corrected chi connectivity index (χ4v) is 2.35. The van der Waals surface area contributed by atoms with Crippen LogP contribution in [0.25, 0.3) is 0 Å². The van der Waals surface area contributed by atoms with Gasteiger partial charge in [0.15, 0.2) is 0 Å². The van der Waals surface area contributed by atoms with Crippen LogP contribution in [-0.2, 0) is 4.79 Å². The van der Waals surface area contributed by atoms with Gasteiger partial charge in [-0.1, -0.05) is 11.6 Å². The second-order valence-electron chi connectivity index (χ2n) is 3.12. The van der Waals surface area contributed by atoms with E-state index in [-0.39, 0.29) is 11.9 Å². The van der Waals surface area contributed by atoms with Crippen LogP contribution in [0.2, 0.25) is 5.02 Å². The third-order valence-electron chi connectivity index (χ3n) is 2.06. The van der Waals surface area contributed by atoms with E-state index >= 15 is 0 Å². The molecule has 4 nitrogen and oxygen atoms in total. The molecule has 0 saturated carbocycles. The van der Waals surface area contributed by atoms with Gasteiger partial charge in [0.1, 0.15) is 0 Å². The number of rotatable bonds is 2. The molecule has 0 aromatic carbocycles. The maximum absolute atomic E-state index is 11.7. The van der Waals surface area contributed by atoms with Gasteiger partial charge in [0.05, 0.1) is 22.9 Å². The summed E-state index contributed by atoms with van der Waals surface area (Å²) in [6.45, 7) is 0. The van der Waals surface area contributed by atoms with Gasteiger partial charge in [0.2, 0.25) is 5.91 Å². The fourth-order valence-electron chi connectivity index (χ4n) is 1.25. The Bertz CT molecular complexity index is 368. The van der Waals surface area contributed by atoms with E-state index in [2.05, 4.69) is 15.6 Å². The smallest absolute Gasteiger partial charge is 0.242 e. The van der Waals surface area contributed by atoms with E-state index in [1.165, 1.54) is 0 Å². The van der Waals surface area contributed by atoms with Gasteiger partial charge in [-0.15, -0.1) is 11.8 Å². The van der Waals surface area contributed by atoms with E-state index in [1.807, 2.05) is 0 Å². The molecule has 0 bridgehead atoms. The quantitative estimate of drug-likeness (QED) is 0.823. The van der Waals surface area contributed by atoms with Crippen molar-refractivity contribution in [2.45, 2.75) is 6.04 Å². The molecule has 1 aromatic heterocycles. The lowest BCUT2D eigenvalue weighted by molar-refractivity contribution is -0.117. The van der Waals surface area contributed by atoms with Crippen molar-refractivity contribution in [3.8, 4) is 0 Å². The minimum atomic E-state index is -0.133. The maximum atomic E-state index is 11.7. The molecule has 1 aromatic rings. The third-order valence-corrected chi connectivity index (χ3v) is 3.33. The van der Waals surface area contributed by atoms with Gasteiger partial charge in [-0.25, -0.2) is 0 Å². The Balaban J connectivity index is 2.02. The van der Waals surface area contributed by atoms with Gasteiger partial charge >= 0.3 is 0 Å². The lowest BCUT2D eigenvalue weighted by Crippen LogP contribution is -2.37. The van der Waals surface area contributed by atoms with E-state index in [1.54, 1.807) is 30.2 Å². The van der Waals surface area contributed by atoms with Crippen LogP contribution in [0.5, 0.6) is 0 Å². The highest BCUT2D eigenvalue weighted by Crippen LogP contribution is 2.20. The molecule has 2 N–H and O–H groups in total. The standard InChI is InChI=1S/C9H10ClN3OS/c10-6-1-2-11-3-7(6)13-9(14)8-4-15-5-12-8/h1-3,8,12H,4-5H2,(H,13,14). The number of thioether (sulfide) groups is 1. The zero-order valence-electron chi connectivity index (χ0n) is 7.87. The SMILES string of the molecule is O=C(Nc1cnccc1Cl)C1CSCN1. The predicted molar refractivity (Wildman–Crippen MR) is 62.1 cm³/mol. The molecular weight excluding hydrogens is 234 g/mol. The molecule has 80 valence electrons. The lowest BCUT2D eigenvalue weighted by Gasteiger charge is -2.10. The van der Waals surface area contributed by atoms with Crippen molar-refractivity contribution in [3.05, 3.63) is 23.5 Å². The first-order valence-corrected chi connectivity index (χ1v) is 6.02. The molecule has 0 radical (unpaired) electrons. The molecule has 2 heterocycles. The van der Waals surface area contributed by atoms with E-state index < -0.39 is 0 Å². The van der Waals surface area contributed by atoms with E-state index in [9.17, 15) is 4.79 Å². The van der Waals surface area contributed by atoms with Crippen LogP contribution in [0.1, 0.15) is 0 Å². The largest absolute Gasteiger partial charge is 0.322 e. The molecule has 6 heteroatoms. The third kappa shape index (κ3) is 2.62. The van der Waals surface area contributed by atoms with Crippen molar-refractivity contribution in [1.29, 1.82) is 0 Å². The van der Waals surface area contributed by atoms with Gasteiger partial charge in [0.25, 0.3) is 0 Å². The highest BCUT2D eigenvalue weighted by Gasteiger charge is 2.22. The van der Waals surface area contributed by atoms with Crippen LogP contribution in [0, 0.1) is 0 Å². The number of halogens is 1. The van der Waals surface area contributed by atoms with Crippen LogP contribution in [-0.4, -0.2) is 28.6 Å². The predicted octanol–water partition coefficient (Wildman–Crippen LogP) is 1.34. The summed E-state index contributed by atoms with van der Waals surface area (Å²) in [4.78, 5) is 15.6. The van der Waals surface area contributed by atoms with Gasteiger partial charge in [0, 0.05) is 17.8 Å². The fraction of sp³-hybridized carbons (Fsp3) is 0.333. The summed E-state index contributed by atoms with van der Waals surface area (Å²) >= 11 is 7.60. The minimum absolute atomic E-state index is 0.0603. The Labute approximate surface area is 96.8 Å². The molecule has 1 aliphatic rings. The molecule has 1 saturated heterocycles. The summed E-state index contributed by atoms with van der Waals surface area (Å²) in [6, 6.07) is 1.51. The summed E-state index contributed by atoms with van der Waals surface area (Å²) in [5, 5.41) is 6.33. The average Bonchev–Trinajstić information content (AvgIpc) is 2.74. The van der Waals surface area contributed by atoms with Crippen molar-refractivity contribution in [3.63, 3.8) is 0 Å². The zero-order chi connectivity index (χ0) is 10.7. The molecule has 0 spiro atoms. The van der Waals surface area contributed by atoms with Crippen LogP contribution >= 0.6 is 23.4 Å². The van der Waals surface area contributed by atoms with E-state index in [0.717, 1.165) is 11.6 Å². The van der Waals surface area contributed by atoms with Gasteiger partial charge in [-0.2, -0.15) is 0 Å². The van der Waals surface area contributed by atoms with Crippen molar-refractivity contribution in [2.75, 3.05) is 16.9 Å². The first kappa shape index (κ1) is 10.7. The van der Waals surface area contributed by atoms with Crippen LogP contribution in [0.15, 0.2) is 18.5 Å². The summed E-state index contributed by atoms with van der Waals surface area (Å²) in [7, 11) is 0. The summed E-state index contributed by atoms with van der Waals surface area (Å²) in [5.41, 5.74) is 0.558. The van der Waals surface area contributed by atoms with Crippen molar-refractivity contribution in [1.82, 2.24) is 10.3 Å². The monoisotopic (exact) mass is 243 g/mol. The number of amides is 1. The first-order valence-electron chi connectivity index (χ1n) is 4.49. The Morgan fingerprint density at radius 2 is 2.60 bits per heavy atom. The van der Waals surface area contributed by atoms with Crippen molar-refractivity contribution >= 4 is 35.0 Å². The number of hydrogen-bond donors (Lipinski definition) is 2. The number of hydrogen-bond acceptors (Lipinski definition) is 4. The van der Waals surface area contributed by atoms with Gasteiger partial charge in [-0.05, 0) is 6.07 Å². The summed E-state index contributed by atoms with van der Waals surface area (Å²) in [5.74, 6) is 1.55. The Morgan fingerprint density at radius 1 is 1.73 bits per heavy atom. The molecular formula is C9H10ClN3OS. The van der Waals surface area contributed by atoms with Crippen molar-refractivity contribution < 1.29 is 4.79 Å². The second-order valence-corrected chi connectivity index (χ2v) is 4.55. The number of anilines is 1. The van der Waals surface area contributed by atoms with Crippen LogP contribution in [0.4, 0.5) is 5.69 Å². The van der Waals surface area contributed by atoms with Crippen LogP contribution < -0.4 is 10.6 Å². The minimum Gasteiger partial charge on any atom is -0.322 e. The van der Waals surface area contributed by atoms with Crippen LogP contribution in [0.3, 0.4) is 0 Å².